The summed E-state index contributed by atoms with van der Waals surface area (Å²) in [5.41, 5.74) is 0.947. The van der Waals surface area contributed by atoms with E-state index in [1.165, 1.54) is 0 Å². The number of carbonyl (C=O) groups excluding carboxylic acids is 2. The lowest BCUT2D eigenvalue weighted by Gasteiger charge is -2.36. The molecule has 2 aliphatic rings. The van der Waals surface area contributed by atoms with Crippen molar-refractivity contribution in [1.82, 2.24) is 15.1 Å². The Labute approximate surface area is 152 Å². The average Bonchev–Trinajstić information content (AvgIpc) is 3.35. The van der Waals surface area contributed by atoms with Crippen molar-refractivity contribution in [1.29, 1.82) is 0 Å². The summed E-state index contributed by atoms with van der Waals surface area (Å²) in [7, 11) is 0. The first kappa shape index (κ1) is 16.8. The Bertz CT molecular complexity index is 779. The van der Waals surface area contributed by atoms with Crippen molar-refractivity contribution in [2.45, 2.75) is 31.2 Å². The number of nitrogens with one attached hydrogen (secondary N) is 2. The third-order valence-corrected chi connectivity index (χ3v) is 5.31. The van der Waals surface area contributed by atoms with Gasteiger partial charge in [-0.05, 0) is 62.7 Å². The zero-order valence-corrected chi connectivity index (χ0v) is 14.6. The van der Waals surface area contributed by atoms with E-state index in [1.54, 1.807) is 15.8 Å². The van der Waals surface area contributed by atoms with Crippen molar-refractivity contribution in [3.63, 3.8) is 0 Å². The molecule has 2 saturated heterocycles. The topological polar surface area (TPSA) is 79.3 Å². The zero-order chi connectivity index (χ0) is 18.0. The molecule has 0 aliphatic carbocycles. The zero-order valence-electron chi connectivity index (χ0n) is 14.6. The number of hydrogen-bond acceptors (Lipinski definition) is 4. The molecule has 3 heterocycles. The van der Waals surface area contributed by atoms with Crippen LogP contribution in [0.3, 0.4) is 0 Å². The van der Waals surface area contributed by atoms with Crippen LogP contribution < -0.4 is 15.5 Å². The largest absolute Gasteiger partial charge is 0.324 e. The van der Waals surface area contributed by atoms with Crippen LogP contribution in [0.5, 0.6) is 0 Å². The van der Waals surface area contributed by atoms with Crippen LogP contribution in [0.25, 0.3) is 0 Å². The molecule has 0 unspecified atom stereocenters. The lowest BCUT2D eigenvalue weighted by Crippen LogP contribution is -2.52. The van der Waals surface area contributed by atoms with Gasteiger partial charge in [-0.3, -0.25) is 14.3 Å². The van der Waals surface area contributed by atoms with Crippen LogP contribution in [0.1, 0.15) is 25.7 Å². The van der Waals surface area contributed by atoms with Crippen LogP contribution in [-0.2, 0) is 15.1 Å². The molecule has 0 saturated carbocycles. The van der Waals surface area contributed by atoms with E-state index < -0.39 is 5.54 Å². The fraction of sp³-hybridized carbons (Fsp3) is 0.421. The highest BCUT2D eigenvalue weighted by Crippen LogP contribution is 2.29. The van der Waals surface area contributed by atoms with Crippen LogP contribution in [-0.4, -0.2) is 41.2 Å². The molecule has 2 aliphatic heterocycles. The highest BCUT2D eigenvalue weighted by atomic mass is 16.2. The van der Waals surface area contributed by atoms with E-state index in [1.807, 2.05) is 36.5 Å². The summed E-state index contributed by atoms with van der Waals surface area (Å²) in [5.74, 6) is 0.113. The summed E-state index contributed by atoms with van der Waals surface area (Å²) in [6, 6.07) is 9.34. The number of rotatable bonds is 4. The first-order chi connectivity index (χ1) is 12.7. The van der Waals surface area contributed by atoms with E-state index in [2.05, 4.69) is 15.7 Å². The Morgan fingerprint density at radius 1 is 1.19 bits per heavy atom. The Balaban J connectivity index is 1.52. The summed E-state index contributed by atoms with van der Waals surface area (Å²) >= 11 is 0. The van der Waals surface area contributed by atoms with E-state index in [-0.39, 0.29) is 11.8 Å². The maximum absolute atomic E-state index is 13.1. The van der Waals surface area contributed by atoms with Crippen molar-refractivity contribution < 1.29 is 9.59 Å². The quantitative estimate of drug-likeness (QED) is 0.877. The van der Waals surface area contributed by atoms with Gasteiger partial charge in [0.2, 0.25) is 5.91 Å². The van der Waals surface area contributed by atoms with Crippen molar-refractivity contribution in [3.8, 4) is 0 Å². The first-order valence-corrected chi connectivity index (χ1v) is 9.12. The second-order valence-electron chi connectivity index (χ2n) is 6.88. The van der Waals surface area contributed by atoms with Crippen LogP contribution in [0.4, 0.5) is 11.4 Å². The van der Waals surface area contributed by atoms with E-state index in [9.17, 15) is 9.59 Å². The third-order valence-electron chi connectivity index (χ3n) is 5.31. The van der Waals surface area contributed by atoms with Crippen molar-refractivity contribution in [2.24, 2.45) is 0 Å². The molecular weight excluding hydrogens is 330 g/mol. The average molecular weight is 353 g/mol. The smallest absolute Gasteiger partial charge is 0.252 e. The molecule has 7 nitrogen and oxygen atoms in total. The molecule has 2 amide bonds. The summed E-state index contributed by atoms with van der Waals surface area (Å²) in [4.78, 5) is 26.8. The monoisotopic (exact) mass is 353 g/mol. The Morgan fingerprint density at radius 2 is 1.96 bits per heavy atom. The Hall–Kier alpha value is -2.67. The number of benzene rings is 1. The van der Waals surface area contributed by atoms with Gasteiger partial charge >= 0.3 is 0 Å². The van der Waals surface area contributed by atoms with Gasteiger partial charge in [-0.25, -0.2) is 0 Å². The molecule has 0 bridgehead atoms. The molecule has 0 spiro atoms. The minimum atomic E-state index is -0.668. The molecule has 136 valence electrons. The number of aromatic nitrogens is 2. The Morgan fingerprint density at radius 3 is 2.58 bits per heavy atom. The van der Waals surface area contributed by atoms with Gasteiger partial charge in [-0.2, -0.15) is 5.10 Å². The molecule has 26 heavy (non-hydrogen) atoms. The molecular formula is C19H23N5O2. The normalized spacial score (nSPS) is 19.5. The second kappa shape index (κ2) is 6.92. The minimum Gasteiger partial charge on any atom is -0.324 e. The van der Waals surface area contributed by atoms with E-state index >= 15 is 0 Å². The predicted octanol–water partition coefficient (Wildman–Crippen LogP) is 1.73. The van der Waals surface area contributed by atoms with Crippen molar-refractivity contribution in [3.05, 3.63) is 42.7 Å². The van der Waals surface area contributed by atoms with Gasteiger partial charge in [0, 0.05) is 36.7 Å². The van der Waals surface area contributed by atoms with Crippen LogP contribution in [0.2, 0.25) is 0 Å². The fourth-order valence-corrected chi connectivity index (χ4v) is 3.82. The molecule has 2 aromatic rings. The second-order valence-corrected chi connectivity index (χ2v) is 6.88. The van der Waals surface area contributed by atoms with Gasteiger partial charge in [0.05, 0.1) is 0 Å². The highest BCUT2D eigenvalue weighted by Gasteiger charge is 2.42. The van der Waals surface area contributed by atoms with E-state index in [0.29, 0.717) is 19.3 Å². The minimum absolute atomic E-state index is 0.0484. The molecule has 1 aromatic carbocycles. The number of hydrogen-bond donors (Lipinski definition) is 2. The van der Waals surface area contributed by atoms with Crippen LogP contribution >= 0.6 is 0 Å². The summed E-state index contributed by atoms with van der Waals surface area (Å²) < 4.78 is 1.78. The maximum Gasteiger partial charge on any atom is 0.252 e. The van der Waals surface area contributed by atoms with Crippen LogP contribution in [0, 0.1) is 0 Å². The summed E-state index contributed by atoms with van der Waals surface area (Å²) in [5, 5.41) is 10.7. The van der Waals surface area contributed by atoms with Crippen molar-refractivity contribution >= 4 is 23.2 Å². The van der Waals surface area contributed by atoms with Gasteiger partial charge in [0.1, 0.15) is 5.54 Å². The SMILES string of the molecule is O=C1CCCN1c1ccc(NC(=O)C2(n3cccn3)CCNCC2)cc1. The molecule has 7 heteroatoms. The lowest BCUT2D eigenvalue weighted by molar-refractivity contribution is -0.126. The number of piperidine rings is 1. The van der Waals surface area contributed by atoms with Crippen LogP contribution in [0.15, 0.2) is 42.7 Å². The number of anilines is 2. The molecule has 2 fully saturated rings. The summed E-state index contributed by atoms with van der Waals surface area (Å²) in [6.45, 7) is 2.33. The molecule has 4 rings (SSSR count). The van der Waals surface area contributed by atoms with Gasteiger partial charge in [-0.1, -0.05) is 0 Å². The van der Waals surface area contributed by atoms with Gasteiger partial charge in [0.25, 0.3) is 5.91 Å². The maximum atomic E-state index is 13.1. The lowest BCUT2D eigenvalue weighted by atomic mass is 9.87. The number of nitrogens with zero attached hydrogens (tertiary/aromatic N) is 3. The van der Waals surface area contributed by atoms with E-state index in [0.717, 1.165) is 37.4 Å². The molecule has 0 radical (unpaired) electrons. The predicted molar refractivity (Wildman–Crippen MR) is 99.0 cm³/mol. The van der Waals surface area contributed by atoms with Gasteiger partial charge in [0.15, 0.2) is 0 Å². The third kappa shape index (κ3) is 2.99. The van der Waals surface area contributed by atoms with Gasteiger partial charge in [-0.15, -0.1) is 0 Å². The molecule has 1 aromatic heterocycles. The first-order valence-electron chi connectivity index (χ1n) is 9.12. The fourth-order valence-electron chi connectivity index (χ4n) is 3.82. The number of amides is 2. The molecule has 0 atom stereocenters. The summed E-state index contributed by atoms with van der Waals surface area (Å²) in [6.07, 6.45) is 6.46. The Kier molecular flexibility index (Phi) is 4.46. The van der Waals surface area contributed by atoms with Gasteiger partial charge < -0.3 is 15.5 Å². The molecule has 2 N–H and O–H groups in total. The van der Waals surface area contributed by atoms with E-state index in [4.69, 9.17) is 0 Å². The number of carbonyl (C=O) groups is 2. The standard InChI is InChI=1S/C19H23N5O2/c25-17-3-1-13-23(17)16-6-4-15(5-7-16)22-18(26)19(8-11-20-12-9-19)24-14-2-10-21-24/h2,4-7,10,14,20H,1,3,8-9,11-13H2,(H,22,26). The van der Waals surface area contributed by atoms with Crippen molar-refractivity contribution in [2.75, 3.05) is 29.9 Å². The highest BCUT2D eigenvalue weighted by molar-refractivity contribution is 5.98.